The number of rotatable bonds is 5. The van der Waals surface area contributed by atoms with Gasteiger partial charge >= 0.3 is 5.97 Å². The van der Waals surface area contributed by atoms with Crippen LogP contribution in [0.5, 0.6) is 0 Å². The summed E-state index contributed by atoms with van der Waals surface area (Å²) in [6.45, 7) is 10.3. The van der Waals surface area contributed by atoms with Crippen molar-refractivity contribution in [3.05, 3.63) is 129 Å². The van der Waals surface area contributed by atoms with Crippen molar-refractivity contribution in [2.75, 3.05) is 12.4 Å². The average Bonchev–Trinajstić information content (AvgIpc) is 3.39. The van der Waals surface area contributed by atoms with E-state index < -0.39 is 11.0 Å². The Balaban J connectivity index is 1.28. The van der Waals surface area contributed by atoms with E-state index in [1.807, 2.05) is 60.8 Å². The minimum atomic E-state index is -0.890. The molecule has 188 valence electrons. The van der Waals surface area contributed by atoms with Gasteiger partial charge in [-0.25, -0.2) is 16.4 Å². The Bertz CT molecular complexity index is 1570. The molecule has 1 N–H and O–H groups in total. The Morgan fingerprint density at radius 2 is 1.68 bits per heavy atom. The number of hydrogen-bond acceptors (Lipinski definition) is 5. The van der Waals surface area contributed by atoms with E-state index in [0.717, 1.165) is 33.5 Å². The van der Waals surface area contributed by atoms with E-state index in [1.165, 1.54) is 18.4 Å². The van der Waals surface area contributed by atoms with E-state index in [2.05, 4.69) is 27.3 Å². The maximum Gasteiger partial charge on any atom is 0.337 e. The molecule has 1 heterocycles. The first-order valence-corrected chi connectivity index (χ1v) is 13.3. The quantitative estimate of drug-likeness (QED) is 0.253. The van der Waals surface area contributed by atoms with Gasteiger partial charge in [-0.15, -0.1) is 11.3 Å². The van der Waals surface area contributed by atoms with Crippen LogP contribution in [0.4, 0.5) is 5.13 Å². The Hall–Kier alpha value is -4.28. The highest BCUT2D eigenvalue weighted by Gasteiger charge is 2.64. The molecular weight excluding hydrogens is 494 g/mol. The molecule has 3 aliphatic carbocycles. The zero-order valence-electron chi connectivity index (χ0n) is 21.0. The van der Waals surface area contributed by atoms with E-state index in [4.69, 9.17) is 11.3 Å². The summed E-state index contributed by atoms with van der Waals surface area (Å²) in [5.41, 5.74) is 4.77. The van der Waals surface area contributed by atoms with Crippen LogP contribution in [-0.2, 0) is 21.5 Å². The lowest BCUT2D eigenvalue weighted by Gasteiger charge is -2.51. The first-order chi connectivity index (χ1) is 18.4. The minimum absolute atomic E-state index is 0.122. The number of aromatic nitrogens is 1. The molecule has 7 rings (SSSR count). The van der Waals surface area contributed by atoms with Crippen LogP contribution in [0.1, 0.15) is 63.1 Å². The largest absolute Gasteiger partial charge is 0.465 e. The van der Waals surface area contributed by atoms with Crippen LogP contribution < -0.4 is 5.32 Å². The van der Waals surface area contributed by atoms with Gasteiger partial charge < -0.3 is 10.1 Å². The summed E-state index contributed by atoms with van der Waals surface area (Å²) >= 11 is 1.39. The van der Waals surface area contributed by atoms with Crippen molar-refractivity contribution in [2.24, 2.45) is 5.41 Å². The van der Waals surface area contributed by atoms with Crippen molar-refractivity contribution in [3.63, 3.8) is 0 Å². The number of nitrogens with zero attached hydrogens (tertiary/aromatic N) is 2. The predicted molar refractivity (Wildman–Crippen MR) is 146 cm³/mol. The average molecular weight is 520 g/mol. The minimum Gasteiger partial charge on any atom is -0.465 e. The highest BCUT2D eigenvalue weighted by Crippen LogP contribution is 2.64. The molecule has 0 saturated heterocycles. The number of fused-ring (bicyclic) bond motifs is 1. The zero-order valence-corrected chi connectivity index (χ0v) is 21.8. The summed E-state index contributed by atoms with van der Waals surface area (Å²) in [5, 5.41) is 5.56. The van der Waals surface area contributed by atoms with Crippen LogP contribution in [0.15, 0.2) is 78.2 Å². The molecule has 0 spiro atoms. The van der Waals surface area contributed by atoms with Crippen molar-refractivity contribution >= 4 is 28.3 Å². The molecular formula is C31H25N3O3S. The number of carbonyl (C=O) groups excluding carboxylic acids is 2. The number of methoxy groups -OCH3 is 1. The molecule has 0 fully saturated rings. The number of thiazole rings is 1. The summed E-state index contributed by atoms with van der Waals surface area (Å²) in [4.78, 5) is 34.5. The first-order valence-electron chi connectivity index (χ1n) is 12.4. The van der Waals surface area contributed by atoms with Crippen molar-refractivity contribution < 1.29 is 14.3 Å². The smallest absolute Gasteiger partial charge is 0.337 e. The lowest BCUT2D eigenvalue weighted by atomic mass is 9.49. The summed E-state index contributed by atoms with van der Waals surface area (Å²) in [6, 6.07) is 23.4. The lowest BCUT2D eigenvalue weighted by molar-refractivity contribution is -0.127. The zero-order chi connectivity index (χ0) is 26.5. The summed E-state index contributed by atoms with van der Waals surface area (Å²) < 4.78 is 4.76. The van der Waals surface area contributed by atoms with Crippen molar-refractivity contribution in [1.82, 2.24) is 4.98 Å². The molecule has 3 aliphatic rings. The number of carbonyl (C=O) groups is 2. The number of amides is 1. The first kappa shape index (κ1) is 24.1. The molecule has 38 heavy (non-hydrogen) atoms. The molecule has 4 aromatic rings. The van der Waals surface area contributed by atoms with E-state index in [9.17, 15) is 9.59 Å². The number of anilines is 1. The lowest BCUT2D eigenvalue weighted by Crippen LogP contribution is -2.53. The van der Waals surface area contributed by atoms with Gasteiger partial charge in [-0.3, -0.25) is 9.64 Å². The Morgan fingerprint density at radius 1 is 1.05 bits per heavy atom. The third kappa shape index (κ3) is 3.56. The van der Waals surface area contributed by atoms with Crippen molar-refractivity contribution in [2.45, 2.75) is 31.2 Å². The molecule has 6 nitrogen and oxygen atoms in total. The van der Waals surface area contributed by atoms with Crippen LogP contribution in [0.2, 0.25) is 0 Å². The highest BCUT2D eigenvalue weighted by molar-refractivity contribution is 7.13. The summed E-state index contributed by atoms with van der Waals surface area (Å²) in [7, 11) is 1.36. The second-order valence-corrected chi connectivity index (χ2v) is 11.0. The number of benzene rings is 3. The Labute approximate surface area is 225 Å². The van der Waals surface area contributed by atoms with E-state index in [-0.39, 0.29) is 17.8 Å². The molecule has 1 unspecified atom stereocenters. The third-order valence-corrected chi connectivity index (χ3v) is 8.74. The highest BCUT2D eigenvalue weighted by atomic mass is 32.1. The van der Waals surface area contributed by atoms with Crippen molar-refractivity contribution in [3.8, 4) is 0 Å². The third-order valence-electron chi connectivity index (χ3n) is 7.94. The monoisotopic (exact) mass is 519 g/mol. The fourth-order valence-corrected chi connectivity index (χ4v) is 6.92. The normalized spacial score (nSPS) is 22.6. The van der Waals surface area contributed by atoms with Crippen molar-refractivity contribution in [1.29, 1.82) is 0 Å². The van der Waals surface area contributed by atoms with Gasteiger partial charge in [0.25, 0.3) is 5.54 Å². The molecule has 0 saturated carbocycles. The van der Waals surface area contributed by atoms with Gasteiger partial charge in [0.1, 0.15) is 0 Å². The second kappa shape index (κ2) is 8.93. The van der Waals surface area contributed by atoms with Gasteiger partial charge in [0.15, 0.2) is 5.13 Å². The summed E-state index contributed by atoms with van der Waals surface area (Å²) in [6.07, 6.45) is 0.994. The number of nitrogens with one attached hydrogen (secondary N) is 1. The van der Waals surface area contributed by atoms with Gasteiger partial charge in [-0.05, 0) is 35.7 Å². The molecule has 1 aromatic heterocycles. The fourth-order valence-electron chi connectivity index (χ4n) is 6.22. The van der Waals surface area contributed by atoms with Gasteiger partial charge in [0.05, 0.1) is 23.8 Å². The topological polar surface area (TPSA) is 72.7 Å². The number of hydrogen-bond donors (Lipinski definition) is 1. The van der Waals surface area contributed by atoms with Gasteiger partial charge in [-0.1, -0.05) is 60.7 Å². The van der Waals surface area contributed by atoms with Crippen LogP contribution >= 0.6 is 11.3 Å². The SMILES string of the molecule is [C-]#[N+]C12CC(C)(C(=O)Nc3nc(Cc4ccc(C(=O)OC)cc4)cs3)C(c3ccccc31)c1ccccc12. The molecule has 7 heteroatoms. The molecule has 1 amide bonds. The molecule has 1 atom stereocenters. The molecule has 3 aromatic carbocycles. The van der Waals surface area contributed by atoms with Gasteiger partial charge in [-0.2, -0.15) is 0 Å². The summed E-state index contributed by atoms with van der Waals surface area (Å²) in [5.74, 6) is -0.639. The Morgan fingerprint density at radius 3 is 2.29 bits per heavy atom. The maximum absolute atomic E-state index is 14.0. The number of esters is 1. The van der Waals surface area contributed by atoms with Crippen LogP contribution in [0.3, 0.4) is 0 Å². The predicted octanol–water partition coefficient (Wildman–Crippen LogP) is 6.18. The molecule has 0 radical (unpaired) electrons. The maximum atomic E-state index is 14.0. The van der Waals surface area contributed by atoms with E-state index in [1.54, 1.807) is 12.1 Å². The standard InChI is InChI=1S/C31H25N3O3S/c1-30(18-31(32-2)24-10-6-4-8-22(24)26(30)23-9-5-7-11-25(23)31)28(36)34-29-33-21(17-38-29)16-19-12-14-20(15-13-19)27(35)37-3/h4-15,17,26H,16,18H2,1,3H3,(H,33,34,36). The van der Waals surface area contributed by atoms with Gasteiger partial charge in [0, 0.05) is 35.3 Å². The second-order valence-electron chi connectivity index (χ2n) is 10.1. The molecule has 2 bridgehead atoms. The van der Waals surface area contributed by atoms with E-state index in [0.29, 0.717) is 23.5 Å². The van der Waals surface area contributed by atoms with Gasteiger partial charge in [0.2, 0.25) is 5.91 Å². The van der Waals surface area contributed by atoms with Crippen LogP contribution in [0, 0.1) is 12.0 Å². The van der Waals surface area contributed by atoms with Crippen LogP contribution in [0.25, 0.3) is 4.85 Å². The van der Waals surface area contributed by atoms with E-state index >= 15 is 0 Å². The Kier molecular flexibility index (Phi) is 5.66. The van der Waals surface area contributed by atoms with Crippen LogP contribution in [-0.4, -0.2) is 24.0 Å². The fraction of sp³-hybridized carbons (Fsp3) is 0.226. The number of ether oxygens (including phenoxy) is 1. The molecule has 0 aliphatic heterocycles.